The number of aromatic nitrogens is 3. The Bertz CT molecular complexity index is 580. The Morgan fingerprint density at radius 3 is 3.05 bits per heavy atom. The van der Waals surface area contributed by atoms with E-state index in [1.165, 1.54) is 6.42 Å². The fraction of sp³-hybridized carbons (Fsp3) is 0.500. The number of rotatable bonds is 5. The van der Waals surface area contributed by atoms with Gasteiger partial charge in [0.15, 0.2) is 5.82 Å². The van der Waals surface area contributed by atoms with Gasteiger partial charge < -0.3 is 15.0 Å². The van der Waals surface area contributed by atoms with Crippen molar-refractivity contribution in [1.29, 1.82) is 0 Å². The van der Waals surface area contributed by atoms with Crippen LogP contribution in [0.3, 0.4) is 0 Å². The van der Waals surface area contributed by atoms with Gasteiger partial charge in [-0.1, -0.05) is 11.2 Å². The van der Waals surface area contributed by atoms with Gasteiger partial charge in [0.05, 0.1) is 18.8 Å². The van der Waals surface area contributed by atoms with Gasteiger partial charge in [0.2, 0.25) is 0 Å². The molecule has 0 radical (unpaired) electrons. The lowest BCUT2D eigenvalue weighted by molar-refractivity contribution is -0.00549. The molecule has 2 heterocycles. The Morgan fingerprint density at radius 1 is 1.50 bits per heavy atom. The zero-order valence-electron chi connectivity index (χ0n) is 11.5. The van der Waals surface area contributed by atoms with Crippen molar-refractivity contribution in [2.75, 3.05) is 6.61 Å². The molecular formula is C14H18N4O2. The first-order chi connectivity index (χ1) is 9.74. The molecule has 1 aliphatic carbocycles. The molecule has 0 saturated heterocycles. The van der Waals surface area contributed by atoms with Crippen molar-refractivity contribution >= 4 is 0 Å². The maximum absolute atomic E-state index is 6.02. The summed E-state index contributed by atoms with van der Waals surface area (Å²) in [6, 6.07) is 3.46. The molecule has 0 amide bonds. The van der Waals surface area contributed by atoms with Crippen LogP contribution in [0.4, 0.5) is 0 Å². The van der Waals surface area contributed by atoms with E-state index in [-0.39, 0.29) is 6.04 Å². The SMILES string of the molecule is Cc1cccnc1-c1nc(C(N)COC2CCC2)no1. The molecule has 2 N–H and O–H groups in total. The number of pyridine rings is 1. The van der Waals surface area contributed by atoms with E-state index >= 15 is 0 Å². The predicted octanol–water partition coefficient (Wildman–Crippen LogP) is 2.01. The van der Waals surface area contributed by atoms with Crippen molar-refractivity contribution in [2.45, 2.75) is 38.3 Å². The van der Waals surface area contributed by atoms with Crippen molar-refractivity contribution in [3.05, 3.63) is 29.7 Å². The molecule has 1 saturated carbocycles. The molecule has 6 nitrogen and oxygen atoms in total. The van der Waals surface area contributed by atoms with E-state index < -0.39 is 0 Å². The zero-order valence-corrected chi connectivity index (χ0v) is 11.5. The summed E-state index contributed by atoms with van der Waals surface area (Å²) in [6.07, 6.45) is 5.54. The second-order valence-corrected chi connectivity index (χ2v) is 5.12. The van der Waals surface area contributed by atoms with Gasteiger partial charge in [-0.05, 0) is 37.8 Å². The van der Waals surface area contributed by atoms with E-state index in [4.69, 9.17) is 15.0 Å². The van der Waals surface area contributed by atoms with E-state index in [1.807, 2.05) is 19.1 Å². The minimum absolute atomic E-state index is 0.352. The summed E-state index contributed by atoms with van der Waals surface area (Å²) >= 11 is 0. The molecule has 1 aliphatic rings. The van der Waals surface area contributed by atoms with E-state index in [0.29, 0.717) is 30.1 Å². The minimum Gasteiger partial charge on any atom is -0.376 e. The lowest BCUT2D eigenvalue weighted by Gasteiger charge is -2.26. The maximum Gasteiger partial charge on any atom is 0.276 e. The largest absolute Gasteiger partial charge is 0.376 e. The van der Waals surface area contributed by atoms with Crippen LogP contribution in [0.25, 0.3) is 11.6 Å². The molecule has 0 aliphatic heterocycles. The van der Waals surface area contributed by atoms with Crippen molar-refractivity contribution in [1.82, 2.24) is 15.1 Å². The Balaban J connectivity index is 1.68. The molecule has 1 atom stereocenters. The second kappa shape index (κ2) is 5.68. The lowest BCUT2D eigenvalue weighted by atomic mass is 9.96. The van der Waals surface area contributed by atoms with Gasteiger partial charge in [-0.2, -0.15) is 4.98 Å². The highest BCUT2D eigenvalue weighted by molar-refractivity contribution is 5.51. The third-order valence-electron chi connectivity index (χ3n) is 3.55. The highest BCUT2D eigenvalue weighted by Crippen LogP contribution is 2.24. The van der Waals surface area contributed by atoms with Crippen LogP contribution < -0.4 is 5.73 Å². The Morgan fingerprint density at radius 2 is 2.35 bits per heavy atom. The van der Waals surface area contributed by atoms with Crippen molar-refractivity contribution < 1.29 is 9.26 Å². The first-order valence-corrected chi connectivity index (χ1v) is 6.87. The normalized spacial score (nSPS) is 16.9. The molecule has 2 aromatic heterocycles. The van der Waals surface area contributed by atoms with Gasteiger partial charge >= 0.3 is 0 Å². The predicted molar refractivity (Wildman–Crippen MR) is 72.8 cm³/mol. The lowest BCUT2D eigenvalue weighted by Crippen LogP contribution is -2.27. The van der Waals surface area contributed by atoms with Gasteiger partial charge in [-0.3, -0.25) is 4.98 Å². The molecule has 6 heteroatoms. The Labute approximate surface area is 117 Å². The van der Waals surface area contributed by atoms with Gasteiger partial charge in [0, 0.05) is 6.20 Å². The van der Waals surface area contributed by atoms with Gasteiger partial charge in [0.25, 0.3) is 5.89 Å². The van der Waals surface area contributed by atoms with E-state index in [0.717, 1.165) is 18.4 Å². The van der Waals surface area contributed by atoms with Crippen molar-refractivity contribution in [3.8, 4) is 11.6 Å². The van der Waals surface area contributed by atoms with Crippen LogP contribution in [-0.2, 0) is 4.74 Å². The van der Waals surface area contributed by atoms with Crippen LogP contribution in [0, 0.1) is 6.92 Å². The number of aryl methyl sites for hydroxylation is 1. The summed E-state index contributed by atoms with van der Waals surface area (Å²) in [4.78, 5) is 8.57. The number of nitrogens with zero attached hydrogens (tertiary/aromatic N) is 3. The van der Waals surface area contributed by atoms with Crippen LogP contribution in [0.1, 0.15) is 36.7 Å². The van der Waals surface area contributed by atoms with Crippen molar-refractivity contribution in [3.63, 3.8) is 0 Å². The molecule has 1 unspecified atom stereocenters. The summed E-state index contributed by atoms with van der Waals surface area (Å²) < 4.78 is 10.9. The number of ether oxygens (including phenoxy) is 1. The molecule has 1 fully saturated rings. The second-order valence-electron chi connectivity index (χ2n) is 5.12. The van der Waals surface area contributed by atoms with E-state index in [1.54, 1.807) is 6.20 Å². The molecule has 3 rings (SSSR count). The van der Waals surface area contributed by atoms with Gasteiger partial charge in [0.1, 0.15) is 5.69 Å². The van der Waals surface area contributed by atoms with Crippen LogP contribution in [-0.4, -0.2) is 27.8 Å². The van der Waals surface area contributed by atoms with Crippen LogP contribution >= 0.6 is 0 Å². The van der Waals surface area contributed by atoms with Crippen LogP contribution in [0.2, 0.25) is 0 Å². The maximum atomic E-state index is 6.02. The van der Waals surface area contributed by atoms with Crippen LogP contribution in [0.5, 0.6) is 0 Å². The highest BCUT2D eigenvalue weighted by Gasteiger charge is 2.22. The smallest absolute Gasteiger partial charge is 0.276 e. The first kappa shape index (κ1) is 13.2. The number of hydrogen-bond acceptors (Lipinski definition) is 6. The summed E-state index contributed by atoms with van der Waals surface area (Å²) in [5.74, 6) is 0.863. The average molecular weight is 274 g/mol. The molecule has 106 valence electrons. The number of nitrogens with two attached hydrogens (primary N) is 1. The Kier molecular flexibility index (Phi) is 3.75. The van der Waals surface area contributed by atoms with Gasteiger partial charge in [-0.25, -0.2) is 0 Å². The van der Waals surface area contributed by atoms with E-state index in [2.05, 4.69) is 15.1 Å². The van der Waals surface area contributed by atoms with Crippen molar-refractivity contribution in [2.24, 2.45) is 5.73 Å². The molecule has 2 aromatic rings. The molecular weight excluding hydrogens is 256 g/mol. The topological polar surface area (TPSA) is 87.1 Å². The third kappa shape index (κ3) is 2.71. The van der Waals surface area contributed by atoms with Crippen LogP contribution in [0.15, 0.2) is 22.9 Å². The highest BCUT2D eigenvalue weighted by atomic mass is 16.5. The quantitative estimate of drug-likeness (QED) is 0.897. The average Bonchev–Trinajstić information content (AvgIpc) is 2.87. The first-order valence-electron chi connectivity index (χ1n) is 6.87. The third-order valence-corrected chi connectivity index (χ3v) is 3.55. The number of hydrogen-bond donors (Lipinski definition) is 1. The fourth-order valence-electron chi connectivity index (χ4n) is 2.04. The summed E-state index contributed by atoms with van der Waals surface area (Å²) in [7, 11) is 0. The summed E-state index contributed by atoms with van der Waals surface area (Å²) in [5, 5.41) is 3.92. The Hall–Kier alpha value is -1.79. The fourth-order valence-corrected chi connectivity index (χ4v) is 2.04. The summed E-state index contributed by atoms with van der Waals surface area (Å²) in [6.45, 7) is 2.37. The molecule has 0 bridgehead atoms. The summed E-state index contributed by atoms with van der Waals surface area (Å²) in [5.41, 5.74) is 7.70. The standard InChI is InChI=1S/C14H18N4O2/c1-9-4-3-7-16-12(9)14-17-13(18-20-14)11(15)8-19-10-5-2-6-10/h3-4,7,10-11H,2,5-6,8,15H2,1H3. The monoisotopic (exact) mass is 274 g/mol. The van der Waals surface area contributed by atoms with E-state index in [9.17, 15) is 0 Å². The molecule has 20 heavy (non-hydrogen) atoms. The zero-order chi connectivity index (χ0) is 13.9. The molecule has 0 aromatic carbocycles. The van der Waals surface area contributed by atoms with Gasteiger partial charge in [-0.15, -0.1) is 0 Å². The molecule has 0 spiro atoms. The minimum atomic E-state index is -0.364.